The molecule has 0 bridgehead atoms. The van der Waals surface area contributed by atoms with Crippen LogP contribution in [-0.2, 0) is 0 Å². The Kier molecular flexibility index (Phi) is 5.04. The van der Waals surface area contributed by atoms with E-state index in [9.17, 15) is 8.78 Å². The van der Waals surface area contributed by atoms with Crippen molar-refractivity contribution in [3.8, 4) is 0 Å². The van der Waals surface area contributed by atoms with Gasteiger partial charge in [0.1, 0.15) is 12.3 Å². The molecule has 6 unspecified atom stereocenters. The molecule has 0 N–H and O–H groups in total. The number of alkyl halides is 2. The maximum atomic E-state index is 14.8. The lowest BCUT2D eigenvalue weighted by Gasteiger charge is -2.39. The van der Waals surface area contributed by atoms with Crippen LogP contribution in [0.5, 0.6) is 0 Å². The first-order valence-corrected chi connectivity index (χ1v) is 9.22. The summed E-state index contributed by atoms with van der Waals surface area (Å²) in [5.41, 5.74) is 2.41. The molecular formula is C20H30F2. The van der Waals surface area contributed by atoms with E-state index in [0.717, 1.165) is 51.4 Å². The molecule has 0 aromatic heterocycles. The molecule has 1 saturated carbocycles. The van der Waals surface area contributed by atoms with Crippen LogP contribution < -0.4 is 0 Å². The highest BCUT2D eigenvalue weighted by molar-refractivity contribution is 5.19. The predicted molar refractivity (Wildman–Crippen MR) is 88.2 cm³/mol. The minimum absolute atomic E-state index is 0.151. The van der Waals surface area contributed by atoms with Crippen molar-refractivity contribution in [1.82, 2.24) is 0 Å². The molecule has 0 spiro atoms. The number of hydrogen-bond acceptors (Lipinski definition) is 0. The summed E-state index contributed by atoms with van der Waals surface area (Å²) in [4.78, 5) is 0. The van der Waals surface area contributed by atoms with E-state index in [2.05, 4.69) is 26.0 Å². The van der Waals surface area contributed by atoms with Gasteiger partial charge in [-0.3, -0.25) is 0 Å². The molecule has 0 aromatic carbocycles. The van der Waals surface area contributed by atoms with Crippen LogP contribution in [0, 0.1) is 23.7 Å². The van der Waals surface area contributed by atoms with E-state index in [4.69, 9.17) is 0 Å². The molecule has 3 rings (SSSR count). The Bertz CT molecular complexity index is 409. The Hall–Kier alpha value is -0.660. The molecule has 22 heavy (non-hydrogen) atoms. The quantitative estimate of drug-likeness (QED) is 0.534. The van der Waals surface area contributed by atoms with Gasteiger partial charge in [0.2, 0.25) is 0 Å². The fourth-order valence-corrected chi connectivity index (χ4v) is 4.55. The zero-order valence-corrected chi connectivity index (χ0v) is 14.0. The number of hydrogen-bond donors (Lipinski definition) is 0. The first kappa shape index (κ1) is 16.2. The van der Waals surface area contributed by atoms with Crippen molar-refractivity contribution in [2.24, 2.45) is 23.7 Å². The van der Waals surface area contributed by atoms with Crippen LogP contribution in [-0.4, -0.2) is 12.3 Å². The summed E-state index contributed by atoms with van der Waals surface area (Å²) in [5.74, 6) is 1.10. The van der Waals surface area contributed by atoms with E-state index in [0.29, 0.717) is 11.8 Å². The molecule has 2 heteroatoms. The molecule has 6 atom stereocenters. The highest BCUT2D eigenvalue weighted by Crippen LogP contribution is 2.45. The molecule has 124 valence electrons. The molecule has 0 nitrogen and oxygen atoms in total. The van der Waals surface area contributed by atoms with Crippen LogP contribution in [0.4, 0.5) is 8.78 Å². The monoisotopic (exact) mass is 308 g/mol. The maximum absolute atomic E-state index is 14.8. The van der Waals surface area contributed by atoms with Crippen molar-refractivity contribution in [2.75, 3.05) is 0 Å². The van der Waals surface area contributed by atoms with Crippen molar-refractivity contribution in [2.45, 2.75) is 77.6 Å². The smallest absolute Gasteiger partial charge is 0.138 e. The Balaban J connectivity index is 1.67. The lowest BCUT2D eigenvalue weighted by Crippen LogP contribution is -2.40. The Labute approximate surface area is 134 Å². The van der Waals surface area contributed by atoms with Gasteiger partial charge in [0.05, 0.1) is 0 Å². The van der Waals surface area contributed by atoms with Gasteiger partial charge in [0, 0.05) is 11.8 Å². The van der Waals surface area contributed by atoms with Gasteiger partial charge in [0.15, 0.2) is 0 Å². The number of halogens is 2. The molecule has 3 aliphatic rings. The Morgan fingerprint density at radius 3 is 1.45 bits per heavy atom. The predicted octanol–water partition coefficient (Wildman–Crippen LogP) is 6.18. The van der Waals surface area contributed by atoms with Crippen molar-refractivity contribution in [3.63, 3.8) is 0 Å². The molecule has 0 aromatic rings. The normalized spacial score (nSPS) is 43.5. The van der Waals surface area contributed by atoms with Gasteiger partial charge in [-0.05, 0) is 63.2 Å². The van der Waals surface area contributed by atoms with E-state index >= 15 is 0 Å². The topological polar surface area (TPSA) is 0 Å². The average Bonchev–Trinajstić information content (AvgIpc) is 2.52. The molecule has 0 aliphatic heterocycles. The van der Waals surface area contributed by atoms with Crippen molar-refractivity contribution in [3.05, 3.63) is 23.3 Å². The van der Waals surface area contributed by atoms with Gasteiger partial charge in [0.25, 0.3) is 0 Å². The van der Waals surface area contributed by atoms with E-state index in [1.807, 2.05) is 0 Å². The summed E-state index contributed by atoms with van der Waals surface area (Å²) in [6.45, 7) is 4.48. The molecule has 0 heterocycles. The fraction of sp³-hybridized carbons (Fsp3) is 0.800. The summed E-state index contributed by atoms with van der Waals surface area (Å²) in [6.07, 6.45) is 9.81. The summed E-state index contributed by atoms with van der Waals surface area (Å²) in [6, 6.07) is 0. The summed E-state index contributed by atoms with van der Waals surface area (Å²) >= 11 is 0. The second kappa shape index (κ2) is 6.84. The first-order valence-electron chi connectivity index (χ1n) is 9.22. The lowest BCUT2D eigenvalue weighted by molar-refractivity contribution is 0.0451. The molecular weight excluding hydrogens is 278 g/mol. The highest BCUT2D eigenvalue weighted by atomic mass is 19.2. The standard InChI is InChI=1S/C20H30F2/c1-13-3-7-15(8-4-13)17-11-12-18(20(22)19(17)21)16-9-5-14(2)6-10-16/h7,9,13-14,17-20H,3-6,8,10-12H2,1-2H3. The van der Waals surface area contributed by atoms with Crippen molar-refractivity contribution in [1.29, 1.82) is 0 Å². The van der Waals surface area contributed by atoms with Crippen LogP contribution in [0.2, 0.25) is 0 Å². The van der Waals surface area contributed by atoms with Gasteiger partial charge in [-0.15, -0.1) is 0 Å². The summed E-state index contributed by atoms with van der Waals surface area (Å²) in [7, 11) is 0. The molecule has 3 aliphatic carbocycles. The van der Waals surface area contributed by atoms with Gasteiger partial charge in [-0.2, -0.15) is 0 Å². The second-order valence-electron chi connectivity index (χ2n) is 8.00. The highest BCUT2D eigenvalue weighted by Gasteiger charge is 2.43. The van der Waals surface area contributed by atoms with Crippen LogP contribution in [0.1, 0.15) is 65.2 Å². The van der Waals surface area contributed by atoms with Crippen molar-refractivity contribution < 1.29 is 8.78 Å². The molecule has 1 fully saturated rings. The average molecular weight is 308 g/mol. The zero-order valence-electron chi connectivity index (χ0n) is 14.0. The largest absolute Gasteiger partial charge is 0.244 e. The third-order valence-electron chi connectivity index (χ3n) is 6.23. The number of allylic oxidation sites excluding steroid dienone is 4. The zero-order chi connectivity index (χ0) is 15.7. The SMILES string of the molecule is CC1CC=C(C2CCC(C3=CCC(C)CC3)C(F)C2F)CC1. The fourth-order valence-electron chi connectivity index (χ4n) is 4.55. The van der Waals surface area contributed by atoms with E-state index in [1.165, 1.54) is 11.1 Å². The first-order chi connectivity index (χ1) is 10.6. The Morgan fingerprint density at radius 2 is 1.14 bits per heavy atom. The van der Waals surface area contributed by atoms with Crippen LogP contribution in [0.25, 0.3) is 0 Å². The van der Waals surface area contributed by atoms with Crippen LogP contribution >= 0.6 is 0 Å². The van der Waals surface area contributed by atoms with E-state index < -0.39 is 12.3 Å². The summed E-state index contributed by atoms with van der Waals surface area (Å²) in [5, 5.41) is 0. The van der Waals surface area contributed by atoms with Gasteiger partial charge in [-0.1, -0.05) is 37.1 Å². The molecule has 0 saturated heterocycles. The summed E-state index contributed by atoms with van der Waals surface area (Å²) < 4.78 is 29.5. The number of rotatable bonds is 2. The lowest BCUT2D eigenvalue weighted by atomic mass is 9.69. The molecule has 0 amide bonds. The third-order valence-corrected chi connectivity index (χ3v) is 6.23. The van der Waals surface area contributed by atoms with Crippen LogP contribution in [0.3, 0.4) is 0 Å². The minimum atomic E-state index is -1.29. The second-order valence-corrected chi connectivity index (χ2v) is 8.00. The van der Waals surface area contributed by atoms with Gasteiger partial charge < -0.3 is 0 Å². The molecule has 0 radical (unpaired) electrons. The third kappa shape index (κ3) is 3.31. The minimum Gasteiger partial charge on any atom is -0.244 e. The van der Waals surface area contributed by atoms with E-state index in [1.54, 1.807) is 0 Å². The van der Waals surface area contributed by atoms with Crippen LogP contribution in [0.15, 0.2) is 23.3 Å². The Morgan fingerprint density at radius 1 is 0.727 bits per heavy atom. The van der Waals surface area contributed by atoms with E-state index in [-0.39, 0.29) is 11.8 Å². The van der Waals surface area contributed by atoms with Gasteiger partial charge in [-0.25, -0.2) is 8.78 Å². The van der Waals surface area contributed by atoms with Crippen molar-refractivity contribution >= 4 is 0 Å². The maximum Gasteiger partial charge on any atom is 0.138 e. The van der Waals surface area contributed by atoms with Gasteiger partial charge >= 0.3 is 0 Å².